The highest BCUT2D eigenvalue weighted by molar-refractivity contribution is 7.80. The molecule has 116 valence electrons. The molecule has 6 nitrogen and oxygen atoms in total. The molecular formula is C15H16N2O4S. The van der Waals surface area contributed by atoms with Gasteiger partial charge in [-0.2, -0.15) is 12.6 Å². The molecule has 0 atom stereocenters. The van der Waals surface area contributed by atoms with Gasteiger partial charge in [-0.15, -0.1) is 4.73 Å². The van der Waals surface area contributed by atoms with Crippen LogP contribution < -0.4 is 15.7 Å². The largest absolute Gasteiger partial charge is 0.506 e. The van der Waals surface area contributed by atoms with Crippen LogP contribution in [0.2, 0.25) is 0 Å². The molecule has 1 aromatic heterocycles. The van der Waals surface area contributed by atoms with Gasteiger partial charge >= 0.3 is 0 Å². The molecule has 2 N–H and O–H groups in total. The lowest BCUT2D eigenvalue weighted by molar-refractivity contribution is 0.0916. The average molecular weight is 320 g/mol. The molecule has 0 bridgehead atoms. The summed E-state index contributed by atoms with van der Waals surface area (Å²) >= 11 is 3.90. The van der Waals surface area contributed by atoms with Crippen molar-refractivity contribution in [3.8, 4) is 5.75 Å². The summed E-state index contributed by atoms with van der Waals surface area (Å²) in [5, 5.41) is 13.1. The molecule has 1 heterocycles. The van der Waals surface area contributed by atoms with Crippen molar-refractivity contribution in [1.82, 2.24) is 10.0 Å². The second kappa shape index (κ2) is 5.92. The van der Waals surface area contributed by atoms with E-state index in [9.17, 15) is 14.7 Å². The van der Waals surface area contributed by atoms with Crippen molar-refractivity contribution in [2.45, 2.75) is 12.8 Å². The predicted octanol–water partition coefficient (Wildman–Crippen LogP) is 1.16. The number of aromatic hydroxyl groups is 1. The average Bonchev–Trinajstić information content (AvgIpc) is 3.32. The Balaban J connectivity index is 2.17. The number of fused-ring (bicyclic) bond motifs is 1. The topological polar surface area (TPSA) is 80.6 Å². The summed E-state index contributed by atoms with van der Waals surface area (Å²) in [4.78, 5) is 30.2. The highest BCUT2D eigenvalue weighted by atomic mass is 32.1. The zero-order valence-corrected chi connectivity index (χ0v) is 12.7. The van der Waals surface area contributed by atoms with Crippen LogP contribution in [0.25, 0.3) is 10.9 Å². The van der Waals surface area contributed by atoms with E-state index >= 15 is 0 Å². The van der Waals surface area contributed by atoms with Crippen molar-refractivity contribution < 1.29 is 14.7 Å². The number of carbonyl (C=O) groups is 1. The molecule has 1 amide bonds. The maximum absolute atomic E-state index is 12.5. The third-order valence-corrected chi connectivity index (χ3v) is 3.77. The molecule has 1 fully saturated rings. The maximum atomic E-state index is 12.5. The monoisotopic (exact) mass is 320 g/mol. The van der Waals surface area contributed by atoms with Crippen molar-refractivity contribution in [2.75, 3.05) is 12.5 Å². The molecule has 1 aliphatic carbocycles. The standard InChI is InChI=1S/C15H16N2O4S/c18-13-10-3-1-2-4-11(10)17(21-7-9-5-6-9)15(20)12(13)14(19)16-8-22/h1-4,9,18,22H,5-8H2,(H,16,19). The highest BCUT2D eigenvalue weighted by Crippen LogP contribution is 2.29. The number of benzene rings is 1. The molecule has 0 saturated heterocycles. The molecule has 7 heteroatoms. The molecule has 1 aliphatic rings. The van der Waals surface area contributed by atoms with Gasteiger partial charge < -0.3 is 15.3 Å². The minimum Gasteiger partial charge on any atom is -0.506 e. The number of aromatic nitrogens is 1. The number of hydrogen-bond acceptors (Lipinski definition) is 5. The second-order valence-electron chi connectivity index (χ2n) is 5.24. The zero-order chi connectivity index (χ0) is 15.7. The van der Waals surface area contributed by atoms with E-state index in [1.165, 1.54) is 0 Å². The Bertz CT molecular complexity index is 783. The Kier molecular flexibility index (Phi) is 3.98. The normalized spacial score (nSPS) is 14.0. The fourth-order valence-electron chi connectivity index (χ4n) is 2.26. The predicted molar refractivity (Wildman–Crippen MR) is 85.4 cm³/mol. The minimum atomic E-state index is -0.674. The molecule has 22 heavy (non-hydrogen) atoms. The van der Waals surface area contributed by atoms with Crippen LogP contribution in [-0.2, 0) is 0 Å². The van der Waals surface area contributed by atoms with Crippen LogP contribution in [0.1, 0.15) is 23.2 Å². The van der Waals surface area contributed by atoms with Crippen LogP contribution >= 0.6 is 12.6 Å². The Hall–Kier alpha value is -2.15. The Labute approximate surface area is 132 Å². The highest BCUT2D eigenvalue weighted by Gasteiger charge is 2.25. The quantitative estimate of drug-likeness (QED) is 0.570. The third-order valence-electron chi connectivity index (χ3n) is 3.62. The van der Waals surface area contributed by atoms with Crippen LogP contribution in [0.15, 0.2) is 29.1 Å². The van der Waals surface area contributed by atoms with Gasteiger partial charge in [0.1, 0.15) is 12.4 Å². The zero-order valence-electron chi connectivity index (χ0n) is 11.8. The Morgan fingerprint density at radius 2 is 2.14 bits per heavy atom. The first kappa shape index (κ1) is 14.8. The molecule has 2 aromatic rings. The summed E-state index contributed by atoms with van der Waals surface area (Å²) in [7, 11) is 0. The van der Waals surface area contributed by atoms with Crippen molar-refractivity contribution in [1.29, 1.82) is 0 Å². The van der Waals surface area contributed by atoms with E-state index in [0.29, 0.717) is 23.4 Å². The van der Waals surface area contributed by atoms with E-state index in [4.69, 9.17) is 4.84 Å². The van der Waals surface area contributed by atoms with Crippen molar-refractivity contribution in [3.63, 3.8) is 0 Å². The number of thiol groups is 1. The summed E-state index contributed by atoms with van der Waals surface area (Å²) in [5.41, 5.74) is -0.562. The van der Waals surface area contributed by atoms with Gasteiger partial charge in [0.25, 0.3) is 11.5 Å². The smallest absolute Gasteiger partial charge is 0.300 e. The van der Waals surface area contributed by atoms with Crippen molar-refractivity contribution in [2.24, 2.45) is 5.92 Å². The van der Waals surface area contributed by atoms with Gasteiger partial charge in [0.2, 0.25) is 0 Å². The summed E-state index contributed by atoms with van der Waals surface area (Å²) in [6.45, 7) is 0.419. The number of hydrogen-bond donors (Lipinski definition) is 3. The number of nitrogens with one attached hydrogen (secondary N) is 1. The number of para-hydroxylation sites is 1. The summed E-state index contributed by atoms with van der Waals surface area (Å²) in [6, 6.07) is 6.77. The fourth-order valence-corrected chi connectivity index (χ4v) is 2.40. The Morgan fingerprint density at radius 1 is 1.41 bits per heavy atom. The molecule has 0 unspecified atom stereocenters. The molecule has 0 radical (unpaired) electrons. The second-order valence-corrected chi connectivity index (χ2v) is 5.56. The van der Waals surface area contributed by atoms with Gasteiger partial charge in [-0.25, -0.2) is 0 Å². The van der Waals surface area contributed by atoms with E-state index in [1.54, 1.807) is 24.3 Å². The van der Waals surface area contributed by atoms with E-state index in [-0.39, 0.29) is 17.2 Å². The van der Waals surface area contributed by atoms with Crippen LogP contribution in [0, 0.1) is 5.92 Å². The van der Waals surface area contributed by atoms with Crippen LogP contribution in [0.3, 0.4) is 0 Å². The maximum Gasteiger partial charge on any atom is 0.300 e. The van der Waals surface area contributed by atoms with E-state index in [2.05, 4.69) is 17.9 Å². The third kappa shape index (κ3) is 2.64. The first-order chi connectivity index (χ1) is 10.6. The van der Waals surface area contributed by atoms with Gasteiger partial charge in [0, 0.05) is 5.39 Å². The van der Waals surface area contributed by atoms with E-state index in [1.807, 2.05) is 0 Å². The number of pyridine rings is 1. The molecule has 1 saturated carbocycles. The van der Waals surface area contributed by atoms with Crippen LogP contribution in [0.4, 0.5) is 0 Å². The number of amides is 1. The summed E-state index contributed by atoms with van der Waals surface area (Å²) in [5.74, 6) is -0.500. The van der Waals surface area contributed by atoms with Gasteiger partial charge in [-0.3, -0.25) is 9.59 Å². The first-order valence-electron chi connectivity index (χ1n) is 7.02. The number of rotatable bonds is 5. The van der Waals surface area contributed by atoms with Gasteiger partial charge in [-0.1, -0.05) is 12.1 Å². The summed E-state index contributed by atoms with van der Waals surface area (Å²) < 4.78 is 1.10. The molecule has 1 aromatic carbocycles. The van der Waals surface area contributed by atoms with Gasteiger partial charge in [0.05, 0.1) is 11.4 Å². The lowest BCUT2D eigenvalue weighted by Crippen LogP contribution is -2.36. The number of nitrogens with zero attached hydrogens (tertiary/aromatic N) is 1. The molecule has 3 rings (SSSR count). The summed E-state index contributed by atoms with van der Waals surface area (Å²) in [6.07, 6.45) is 2.16. The Morgan fingerprint density at radius 3 is 2.82 bits per heavy atom. The van der Waals surface area contributed by atoms with Gasteiger partial charge in [-0.05, 0) is 30.9 Å². The van der Waals surface area contributed by atoms with Crippen molar-refractivity contribution in [3.05, 3.63) is 40.2 Å². The van der Waals surface area contributed by atoms with E-state index in [0.717, 1.165) is 17.6 Å². The SMILES string of the molecule is O=C(NCS)c1c(O)c2ccccc2n(OCC2CC2)c1=O. The molecule has 0 spiro atoms. The van der Waals surface area contributed by atoms with E-state index < -0.39 is 11.5 Å². The van der Waals surface area contributed by atoms with Crippen LogP contribution in [0.5, 0.6) is 5.75 Å². The van der Waals surface area contributed by atoms with Gasteiger partial charge in [0.15, 0.2) is 5.56 Å². The fraction of sp³-hybridized carbons (Fsp3) is 0.333. The first-order valence-corrected chi connectivity index (χ1v) is 7.65. The molecule has 0 aliphatic heterocycles. The lowest BCUT2D eigenvalue weighted by atomic mass is 10.1. The lowest BCUT2D eigenvalue weighted by Gasteiger charge is -2.15. The molecular weight excluding hydrogens is 304 g/mol. The van der Waals surface area contributed by atoms with Crippen molar-refractivity contribution >= 4 is 29.4 Å². The van der Waals surface area contributed by atoms with Crippen LogP contribution in [-0.4, -0.2) is 28.2 Å². The minimum absolute atomic E-state index is 0.0630. The number of carbonyl (C=O) groups excluding carboxylic acids is 1.